The van der Waals surface area contributed by atoms with Crippen LogP contribution in [0.4, 0.5) is 0 Å². The van der Waals surface area contributed by atoms with E-state index in [2.05, 4.69) is 5.16 Å². The SMILES string of the molecule is COc1c(Cl)ccc(Cl)c1C(=O)N1CCc2c(noc2-c2ccc(Cl)cc2)C1. The van der Waals surface area contributed by atoms with E-state index in [0.29, 0.717) is 40.3 Å². The topological polar surface area (TPSA) is 55.6 Å². The Hall–Kier alpha value is -2.21. The Bertz CT molecular complexity index is 1050. The van der Waals surface area contributed by atoms with Crippen LogP contribution in [0.25, 0.3) is 11.3 Å². The standard InChI is InChI=1S/C20H15Cl3N2O3/c1-27-19-15(23)7-6-14(22)17(19)20(26)25-9-8-13-16(10-25)24-28-18(13)11-2-4-12(21)5-3-11/h2-7H,8-10H2,1H3. The van der Waals surface area contributed by atoms with Gasteiger partial charge in [-0.2, -0.15) is 0 Å². The molecule has 0 spiro atoms. The highest BCUT2D eigenvalue weighted by Gasteiger charge is 2.30. The van der Waals surface area contributed by atoms with Gasteiger partial charge in [-0.05, 0) is 42.8 Å². The Morgan fingerprint density at radius 2 is 1.82 bits per heavy atom. The fourth-order valence-corrected chi connectivity index (χ4v) is 3.91. The smallest absolute Gasteiger partial charge is 0.259 e. The van der Waals surface area contributed by atoms with Gasteiger partial charge < -0.3 is 14.2 Å². The van der Waals surface area contributed by atoms with Gasteiger partial charge in [-0.1, -0.05) is 40.0 Å². The zero-order valence-electron chi connectivity index (χ0n) is 14.8. The number of amides is 1. The van der Waals surface area contributed by atoms with Gasteiger partial charge in [0.1, 0.15) is 11.3 Å². The zero-order chi connectivity index (χ0) is 19.8. The van der Waals surface area contributed by atoms with Crippen LogP contribution in [0.5, 0.6) is 5.75 Å². The first-order chi connectivity index (χ1) is 13.5. The third kappa shape index (κ3) is 3.34. The van der Waals surface area contributed by atoms with Gasteiger partial charge in [-0.25, -0.2) is 0 Å². The molecule has 0 unspecified atom stereocenters. The molecule has 0 saturated carbocycles. The fraction of sp³-hybridized carbons (Fsp3) is 0.200. The van der Waals surface area contributed by atoms with E-state index < -0.39 is 0 Å². The van der Waals surface area contributed by atoms with Gasteiger partial charge in [0.25, 0.3) is 5.91 Å². The highest BCUT2D eigenvalue weighted by atomic mass is 35.5. The third-order valence-corrected chi connectivity index (χ3v) is 5.58. The van der Waals surface area contributed by atoms with Crippen molar-refractivity contribution in [3.63, 3.8) is 0 Å². The lowest BCUT2D eigenvalue weighted by Crippen LogP contribution is -2.36. The van der Waals surface area contributed by atoms with E-state index in [-0.39, 0.29) is 17.2 Å². The number of carbonyl (C=O) groups is 1. The second-order valence-corrected chi connectivity index (χ2v) is 7.61. The average molecular weight is 438 g/mol. The fourth-order valence-electron chi connectivity index (χ4n) is 3.32. The molecule has 0 aliphatic carbocycles. The molecular formula is C20H15Cl3N2O3. The predicted octanol–water partition coefficient (Wildman–Crippen LogP) is 5.51. The van der Waals surface area contributed by atoms with Gasteiger partial charge in [0.2, 0.25) is 0 Å². The Morgan fingerprint density at radius 3 is 2.54 bits per heavy atom. The molecule has 0 saturated heterocycles. The molecule has 0 atom stereocenters. The van der Waals surface area contributed by atoms with Crippen molar-refractivity contribution in [2.75, 3.05) is 13.7 Å². The molecular weight excluding hydrogens is 423 g/mol. The van der Waals surface area contributed by atoms with Crippen LogP contribution in [-0.2, 0) is 13.0 Å². The van der Waals surface area contributed by atoms with Crippen molar-refractivity contribution < 1.29 is 14.1 Å². The minimum absolute atomic E-state index is 0.251. The van der Waals surface area contributed by atoms with Gasteiger partial charge in [-0.15, -0.1) is 0 Å². The quantitative estimate of drug-likeness (QED) is 0.542. The number of hydrogen-bond acceptors (Lipinski definition) is 4. The first kappa shape index (κ1) is 19.1. The zero-order valence-corrected chi connectivity index (χ0v) is 17.1. The van der Waals surface area contributed by atoms with Gasteiger partial charge in [0.05, 0.1) is 23.7 Å². The van der Waals surface area contributed by atoms with Crippen molar-refractivity contribution in [3.8, 4) is 17.1 Å². The summed E-state index contributed by atoms with van der Waals surface area (Å²) in [6.45, 7) is 0.816. The number of rotatable bonds is 3. The molecule has 8 heteroatoms. The molecule has 0 N–H and O–H groups in total. The normalized spacial score (nSPS) is 13.4. The second-order valence-electron chi connectivity index (χ2n) is 6.36. The van der Waals surface area contributed by atoms with Crippen molar-refractivity contribution in [1.29, 1.82) is 0 Å². The minimum atomic E-state index is -0.258. The van der Waals surface area contributed by atoms with Gasteiger partial charge >= 0.3 is 0 Å². The number of nitrogens with zero attached hydrogens (tertiary/aromatic N) is 2. The van der Waals surface area contributed by atoms with E-state index in [1.807, 2.05) is 12.1 Å². The summed E-state index contributed by atoms with van der Waals surface area (Å²) in [5.74, 6) is 0.718. The Balaban J connectivity index is 1.63. The lowest BCUT2D eigenvalue weighted by Gasteiger charge is -2.27. The van der Waals surface area contributed by atoms with Crippen molar-refractivity contribution in [1.82, 2.24) is 10.1 Å². The van der Waals surface area contributed by atoms with Crippen molar-refractivity contribution in [3.05, 3.63) is 68.3 Å². The summed E-state index contributed by atoms with van der Waals surface area (Å²) in [5, 5.41) is 5.45. The summed E-state index contributed by atoms with van der Waals surface area (Å²) in [5.41, 5.74) is 2.87. The molecule has 0 bridgehead atoms. The maximum absolute atomic E-state index is 13.1. The van der Waals surface area contributed by atoms with E-state index >= 15 is 0 Å². The van der Waals surface area contributed by atoms with Gasteiger partial charge in [0, 0.05) is 22.7 Å². The Labute approximate surface area is 176 Å². The van der Waals surface area contributed by atoms with Crippen LogP contribution in [0, 0.1) is 0 Å². The maximum atomic E-state index is 13.1. The summed E-state index contributed by atoms with van der Waals surface area (Å²) >= 11 is 18.4. The molecule has 144 valence electrons. The number of ether oxygens (including phenoxy) is 1. The molecule has 1 aliphatic heterocycles. The third-order valence-electron chi connectivity index (χ3n) is 4.71. The summed E-state index contributed by atoms with van der Waals surface area (Å²) in [6, 6.07) is 10.6. The van der Waals surface area contributed by atoms with Crippen LogP contribution >= 0.6 is 34.8 Å². The van der Waals surface area contributed by atoms with E-state index in [4.69, 9.17) is 44.1 Å². The molecule has 5 nitrogen and oxygen atoms in total. The molecule has 1 amide bonds. The number of aromatic nitrogens is 1. The van der Waals surface area contributed by atoms with Gasteiger partial charge in [0.15, 0.2) is 11.5 Å². The molecule has 2 aromatic carbocycles. The molecule has 2 heterocycles. The summed E-state index contributed by atoms with van der Waals surface area (Å²) in [4.78, 5) is 14.8. The van der Waals surface area contributed by atoms with Crippen molar-refractivity contribution >= 4 is 40.7 Å². The van der Waals surface area contributed by atoms with Crippen LogP contribution < -0.4 is 4.74 Å². The molecule has 28 heavy (non-hydrogen) atoms. The predicted molar refractivity (Wildman–Crippen MR) is 108 cm³/mol. The van der Waals surface area contributed by atoms with E-state index in [9.17, 15) is 4.79 Å². The lowest BCUT2D eigenvalue weighted by molar-refractivity contribution is 0.0728. The largest absolute Gasteiger partial charge is 0.494 e. The van der Waals surface area contributed by atoms with E-state index in [1.165, 1.54) is 7.11 Å². The molecule has 1 aromatic heterocycles. The number of benzene rings is 2. The average Bonchev–Trinajstić information content (AvgIpc) is 3.12. The van der Waals surface area contributed by atoms with Crippen LogP contribution in [0.3, 0.4) is 0 Å². The molecule has 0 fully saturated rings. The Morgan fingerprint density at radius 1 is 1.11 bits per heavy atom. The molecule has 1 aliphatic rings. The molecule has 3 aromatic rings. The lowest BCUT2D eigenvalue weighted by atomic mass is 10.00. The first-order valence-electron chi connectivity index (χ1n) is 8.54. The molecule has 4 rings (SSSR count). The number of methoxy groups -OCH3 is 1. The van der Waals surface area contributed by atoms with E-state index in [1.54, 1.807) is 29.2 Å². The number of hydrogen-bond donors (Lipinski definition) is 0. The van der Waals surface area contributed by atoms with Crippen molar-refractivity contribution in [2.45, 2.75) is 13.0 Å². The highest BCUT2D eigenvalue weighted by Crippen LogP contribution is 2.36. The van der Waals surface area contributed by atoms with Crippen molar-refractivity contribution in [2.24, 2.45) is 0 Å². The summed E-state index contributed by atoms with van der Waals surface area (Å²) < 4.78 is 10.9. The molecule has 0 radical (unpaired) electrons. The monoisotopic (exact) mass is 436 g/mol. The number of fused-ring (bicyclic) bond motifs is 1. The van der Waals surface area contributed by atoms with Crippen LogP contribution in [0.15, 0.2) is 40.9 Å². The first-order valence-corrected chi connectivity index (χ1v) is 9.67. The summed E-state index contributed by atoms with van der Waals surface area (Å²) in [7, 11) is 1.46. The van der Waals surface area contributed by atoms with Crippen LogP contribution in [-0.4, -0.2) is 29.6 Å². The van der Waals surface area contributed by atoms with E-state index in [0.717, 1.165) is 16.8 Å². The van der Waals surface area contributed by atoms with Crippen LogP contribution in [0.1, 0.15) is 21.6 Å². The summed E-state index contributed by atoms with van der Waals surface area (Å²) in [6.07, 6.45) is 0.614. The van der Waals surface area contributed by atoms with Crippen LogP contribution in [0.2, 0.25) is 15.1 Å². The number of carbonyl (C=O) groups excluding carboxylic acids is 1. The number of halogens is 3. The minimum Gasteiger partial charge on any atom is -0.494 e. The highest BCUT2D eigenvalue weighted by molar-refractivity contribution is 6.37. The second kappa shape index (κ2) is 7.66. The van der Waals surface area contributed by atoms with Gasteiger partial charge in [-0.3, -0.25) is 4.79 Å². The maximum Gasteiger partial charge on any atom is 0.259 e. The Kier molecular flexibility index (Phi) is 5.23.